The molecule has 4 heteroatoms. The second-order valence-electron chi connectivity index (χ2n) is 2.85. The van der Waals surface area contributed by atoms with Crippen LogP contribution in [0.3, 0.4) is 0 Å². The number of halogens is 1. The standard InChI is InChI=1S/C9H13FN2O/c1-12(4-5-13)7-2-3-9(11)8(10)6-7/h2-3,6,13H,4-5,11H2,1H3. The Bertz CT molecular complexity index is 291. The first kappa shape index (κ1) is 9.80. The van der Waals surface area contributed by atoms with Gasteiger partial charge in [0, 0.05) is 19.3 Å². The molecule has 0 aliphatic heterocycles. The number of hydrogen-bond donors (Lipinski definition) is 2. The summed E-state index contributed by atoms with van der Waals surface area (Å²) < 4.78 is 13.0. The fraction of sp³-hybridized carbons (Fsp3) is 0.333. The monoisotopic (exact) mass is 184 g/mol. The molecule has 0 bridgehead atoms. The lowest BCUT2D eigenvalue weighted by Gasteiger charge is -2.17. The number of aliphatic hydroxyl groups is 1. The minimum atomic E-state index is -0.428. The lowest BCUT2D eigenvalue weighted by atomic mass is 10.2. The van der Waals surface area contributed by atoms with E-state index in [1.165, 1.54) is 12.1 Å². The zero-order chi connectivity index (χ0) is 9.84. The highest BCUT2D eigenvalue weighted by molar-refractivity contribution is 5.53. The van der Waals surface area contributed by atoms with Crippen molar-refractivity contribution in [1.29, 1.82) is 0 Å². The molecule has 0 amide bonds. The minimum Gasteiger partial charge on any atom is -0.396 e. The van der Waals surface area contributed by atoms with Crippen molar-refractivity contribution in [2.45, 2.75) is 0 Å². The summed E-state index contributed by atoms with van der Waals surface area (Å²) in [6, 6.07) is 4.58. The molecule has 0 spiro atoms. The van der Waals surface area contributed by atoms with Crippen LogP contribution < -0.4 is 10.6 Å². The Morgan fingerprint density at radius 2 is 2.23 bits per heavy atom. The van der Waals surface area contributed by atoms with E-state index >= 15 is 0 Å². The first-order chi connectivity index (χ1) is 6.15. The van der Waals surface area contributed by atoms with Crippen LogP contribution in [-0.4, -0.2) is 25.3 Å². The molecule has 0 unspecified atom stereocenters. The Balaban J connectivity index is 2.84. The first-order valence-corrected chi connectivity index (χ1v) is 4.02. The van der Waals surface area contributed by atoms with Crippen molar-refractivity contribution in [3.8, 4) is 0 Å². The van der Waals surface area contributed by atoms with E-state index in [0.29, 0.717) is 12.2 Å². The van der Waals surface area contributed by atoms with Crippen molar-refractivity contribution in [2.24, 2.45) is 0 Å². The van der Waals surface area contributed by atoms with Gasteiger partial charge in [0.2, 0.25) is 0 Å². The number of rotatable bonds is 3. The van der Waals surface area contributed by atoms with Crippen LogP contribution in [0.25, 0.3) is 0 Å². The third kappa shape index (κ3) is 2.32. The van der Waals surface area contributed by atoms with Crippen molar-refractivity contribution >= 4 is 11.4 Å². The molecule has 1 rings (SSSR count). The maximum absolute atomic E-state index is 13.0. The average Bonchev–Trinajstić information content (AvgIpc) is 2.10. The molecule has 0 saturated carbocycles. The Hall–Kier alpha value is -1.29. The minimum absolute atomic E-state index is 0.0441. The lowest BCUT2D eigenvalue weighted by molar-refractivity contribution is 0.304. The van der Waals surface area contributed by atoms with Gasteiger partial charge >= 0.3 is 0 Å². The number of anilines is 2. The molecule has 3 N–H and O–H groups in total. The van der Waals surface area contributed by atoms with Gasteiger partial charge in [-0.25, -0.2) is 4.39 Å². The molecule has 1 aromatic carbocycles. The van der Waals surface area contributed by atoms with Crippen molar-refractivity contribution < 1.29 is 9.50 Å². The van der Waals surface area contributed by atoms with Gasteiger partial charge < -0.3 is 15.7 Å². The number of nitrogens with zero attached hydrogens (tertiary/aromatic N) is 1. The van der Waals surface area contributed by atoms with Gasteiger partial charge in [-0.1, -0.05) is 0 Å². The van der Waals surface area contributed by atoms with E-state index in [0.717, 1.165) is 0 Å². The molecule has 0 saturated heterocycles. The van der Waals surface area contributed by atoms with Crippen molar-refractivity contribution in [1.82, 2.24) is 0 Å². The number of benzene rings is 1. The largest absolute Gasteiger partial charge is 0.396 e. The summed E-state index contributed by atoms with van der Waals surface area (Å²) in [7, 11) is 1.78. The number of likely N-dealkylation sites (N-methyl/N-ethyl adjacent to an activating group) is 1. The zero-order valence-corrected chi connectivity index (χ0v) is 7.50. The Morgan fingerprint density at radius 1 is 1.54 bits per heavy atom. The van der Waals surface area contributed by atoms with Crippen LogP contribution in [0.1, 0.15) is 0 Å². The SMILES string of the molecule is CN(CCO)c1ccc(N)c(F)c1. The van der Waals surface area contributed by atoms with E-state index in [9.17, 15) is 4.39 Å². The van der Waals surface area contributed by atoms with Crippen LogP contribution in [0, 0.1) is 5.82 Å². The van der Waals surface area contributed by atoms with Crippen LogP contribution in [0.5, 0.6) is 0 Å². The number of nitrogen functional groups attached to an aromatic ring is 1. The van der Waals surface area contributed by atoms with Gasteiger partial charge in [0.25, 0.3) is 0 Å². The molecule has 0 aliphatic carbocycles. The predicted molar refractivity (Wildman–Crippen MR) is 51.2 cm³/mol. The van der Waals surface area contributed by atoms with E-state index in [-0.39, 0.29) is 12.3 Å². The Morgan fingerprint density at radius 3 is 2.77 bits per heavy atom. The summed E-state index contributed by atoms with van der Waals surface area (Å²) >= 11 is 0. The summed E-state index contributed by atoms with van der Waals surface area (Å²) in [4.78, 5) is 1.75. The van der Waals surface area contributed by atoms with Gasteiger partial charge in [0.05, 0.1) is 12.3 Å². The molecular weight excluding hydrogens is 171 g/mol. The maximum Gasteiger partial charge on any atom is 0.148 e. The fourth-order valence-corrected chi connectivity index (χ4v) is 1.03. The summed E-state index contributed by atoms with van der Waals surface area (Å²) in [5, 5.41) is 8.66. The van der Waals surface area contributed by atoms with Crippen LogP contribution in [-0.2, 0) is 0 Å². The second kappa shape index (κ2) is 4.09. The van der Waals surface area contributed by atoms with E-state index in [2.05, 4.69) is 0 Å². The summed E-state index contributed by atoms with van der Waals surface area (Å²) in [6.45, 7) is 0.520. The van der Waals surface area contributed by atoms with Crippen molar-refractivity contribution in [3.05, 3.63) is 24.0 Å². The van der Waals surface area contributed by atoms with Gasteiger partial charge in [-0.05, 0) is 18.2 Å². The summed E-state index contributed by atoms with van der Waals surface area (Å²) in [5.41, 5.74) is 6.17. The van der Waals surface area contributed by atoms with Gasteiger partial charge in [-0.15, -0.1) is 0 Å². The van der Waals surface area contributed by atoms with Crippen molar-refractivity contribution in [2.75, 3.05) is 30.8 Å². The second-order valence-corrected chi connectivity index (χ2v) is 2.85. The summed E-state index contributed by atoms with van der Waals surface area (Å²) in [5.74, 6) is -0.428. The fourth-order valence-electron chi connectivity index (χ4n) is 1.03. The highest BCUT2D eigenvalue weighted by Crippen LogP contribution is 2.18. The Kier molecular flexibility index (Phi) is 3.08. The normalized spacial score (nSPS) is 10.1. The van der Waals surface area contributed by atoms with E-state index in [1.54, 1.807) is 18.0 Å². The van der Waals surface area contributed by atoms with Gasteiger partial charge in [-0.2, -0.15) is 0 Å². The molecular formula is C9H13FN2O. The van der Waals surface area contributed by atoms with E-state index in [4.69, 9.17) is 10.8 Å². The summed E-state index contributed by atoms with van der Waals surface area (Å²) in [6.07, 6.45) is 0. The van der Waals surface area contributed by atoms with Crippen LogP contribution in [0.15, 0.2) is 18.2 Å². The van der Waals surface area contributed by atoms with E-state index < -0.39 is 5.82 Å². The molecule has 0 heterocycles. The number of hydrogen-bond acceptors (Lipinski definition) is 3. The van der Waals surface area contributed by atoms with Gasteiger partial charge in [-0.3, -0.25) is 0 Å². The molecule has 0 fully saturated rings. The first-order valence-electron chi connectivity index (χ1n) is 4.02. The number of nitrogens with two attached hydrogens (primary N) is 1. The van der Waals surface area contributed by atoms with Gasteiger partial charge in [0.15, 0.2) is 0 Å². The third-order valence-corrected chi connectivity index (χ3v) is 1.86. The molecule has 0 radical (unpaired) electrons. The number of aliphatic hydroxyl groups excluding tert-OH is 1. The molecule has 0 aromatic heterocycles. The van der Waals surface area contributed by atoms with E-state index in [1.807, 2.05) is 0 Å². The third-order valence-electron chi connectivity index (χ3n) is 1.86. The molecule has 0 atom stereocenters. The highest BCUT2D eigenvalue weighted by atomic mass is 19.1. The molecule has 72 valence electrons. The average molecular weight is 184 g/mol. The van der Waals surface area contributed by atoms with Crippen LogP contribution in [0.4, 0.5) is 15.8 Å². The van der Waals surface area contributed by atoms with Crippen molar-refractivity contribution in [3.63, 3.8) is 0 Å². The highest BCUT2D eigenvalue weighted by Gasteiger charge is 2.03. The predicted octanol–water partition coefficient (Wildman–Crippen LogP) is 0.836. The molecule has 0 aliphatic rings. The van der Waals surface area contributed by atoms with Crippen LogP contribution in [0.2, 0.25) is 0 Å². The van der Waals surface area contributed by atoms with Gasteiger partial charge in [0.1, 0.15) is 5.82 Å². The quantitative estimate of drug-likeness (QED) is 0.684. The maximum atomic E-state index is 13.0. The zero-order valence-electron chi connectivity index (χ0n) is 7.50. The smallest absolute Gasteiger partial charge is 0.148 e. The molecule has 3 nitrogen and oxygen atoms in total. The molecule has 1 aromatic rings. The Labute approximate surface area is 76.6 Å². The topological polar surface area (TPSA) is 49.5 Å². The lowest BCUT2D eigenvalue weighted by Crippen LogP contribution is -2.21. The van der Waals surface area contributed by atoms with Crippen LogP contribution >= 0.6 is 0 Å². The molecule has 13 heavy (non-hydrogen) atoms.